The lowest BCUT2D eigenvalue weighted by Crippen LogP contribution is -2.36. The van der Waals surface area contributed by atoms with Gasteiger partial charge in [-0.2, -0.15) is 5.10 Å². The summed E-state index contributed by atoms with van der Waals surface area (Å²) >= 11 is 0. The molecule has 7 heteroatoms. The van der Waals surface area contributed by atoms with Crippen LogP contribution in [-0.4, -0.2) is 32.2 Å². The van der Waals surface area contributed by atoms with E-state index >= 15 is 0 Å². The van der Waals surface area contributed by atoms with Crippen molar-refractivity contribution in [2.75, 3.05) is 6.61 Å². The first kappa shape index (κ1) is 20.1. The van der Waals surface area contributed by atoms with E-state index in [4.69, 9.17) is 4.84 Å². The monoisotopic (exact) mass is 422 g/mol. The van der Waals surface area contributed by atoms with Gasteiger partial charge in [-0.05, 0) is 80.3 Å². The van der Waals surface area contributed by atoms with Crippen LogP contribution in [0.25, 0.3) is 5.65 Å². The quantitative estimate of drug-likeness (QED) is 0.624. The van der Waals surface area contributed by atoms with Crippen molar-refractivity contribution >= 4 is 11.6 Å². The first-order chi connectivity index (χ1) is 15.1. The molecule has 6 nitrogen and oxygen atoms in total. The van der Waals surface area contributed by atoms with Gasteiger partial charge in [-0.25, -0.2) is 19.0 Å². The Kier molecular flexibility index (Phi) is 5.44. The van der Waals surface area contributed by atoms with Gasteiger partial charge >= 0.3 is 0 Å². The molecule has 1 atom stereocenters. The number of hydroxylamine groups is 2. The number of aromatic nitrogens is 3. The molecule has 2 aliphatic rings. The highest BCUT2D eigenvalue weighted by Crippen LogP contribution is 2.37. The third-order valence-electron chi connectivity index (χ3n) is 6.60. The highest BCUT2D eigenvalue weighted by molar-refractivity contribution is 5.78. The number of halogens is 1. The summed E-state index contributed by atoms with van der Waals surface area (Å²) in [6.07, 6.45) is 7.54. The number of hydrogen-bond donors (Lipinski definition) is 0. The SMILES string of the molecule is Cc1nc2cc(C[C@H]3CC[C@H](C(=O)N4OCC[C@H]4c4ccc(F)cc4)CC3)ccn2n1. The summed E-state index contributed by atoms with van der Waals surface area (Å²) in [5.74, 6) is 1.16. The van der Waals surface area contributed by atoms with Gasteiger partial charge < -0.3 is 0 Å². The molecule has 0 unspecified atom stereocenters. The summed E-state index contributed by atoms with van der Waals surface area (Å²) in [6, 6.07) is 10.5. The van der Waals surface area contributed by atoms with Crippen LogP contribution in [0.1, 0.15) is 55.1 Å². The topological polar surface area (TPSA) is 59.7 Å². The number of aryl methyl sites for hydroxylation is 1. The number of amides is 1. The summed E-state index contributed by atoms with van der Waals surface area (Å²) in [5, 5.41) is 5.89. The molecule has 3 aromatic rings. The molecule has 0 radical (unpaired) electrons. The average molecular weight is 423 g/mol. The average Bonchev–Trinajstić information content (AvgIpc) is 3.40. The molecule has 1 aromatic carbocycles. The van der Waals surface area contributed by atoms with Crippen LogP contribution in [-0.2, 0) is 16.1 Å². The molecule has 0 N–H and O–H groups in total. The zero-order chi connectivity index (χ0) is 21.4. The Bertz CT molecular complexity index is 1070. The summed E-state index contributed by atoms with van der Waals surface area (Å²) in [6.45, 7) is 2.42. The first-order valence-electron chi connectivity index (χ1n) is 11.1. The van der Waals surface area contributed by atoms with E-state index in [1.165, 1.54) is 17.7 Å². The normalized spacial score (nSPS) is 24.1. The minimum absolute atomic E-state index is 0.000996. The van der Waals surface area contributed by atoms with Crippen molar-refractivity contribution in [1.29, 1.82) is 0 Å². The number of pyridine rings is 1. The molecule has 2 aromatic heterocycles. The summed E-state index contributed by atoms with van der Waals surface area (Å²) in [5.41, 5.74) is 3.09. The molecule has 1 aliphatic carbocycles. The van der Waals surface area contributed by atoms with Gasteiger partial charge in [-0.1, -0.05) is 12.1 Å². The molecule has 162 valence electrons. The van der Waals surface area contributed by atoms with Crippen molar-refractivity contribution in [3.8, 4) is 0 Å². The van der Waals surface area contributed by atoms with Gasteiger partial charge in [0.2, 0.25) is 5.91 Å². The number of carbonyl (C=O) groups is 1. The van der Waals surface area contributed by atoms with Crippen LogP contribution in [0, 0.1) is 24.6 Å². The number of rotatable bonds is 4. The Morgan fingerprint density at radius 1 is 1.13 bits per heavy atom. The van der Waals surface area contributed by atoms with E-state index in [1.807, 2.05) is 17.6 Å². The van der Waals surface area contributed by atoms with Crippen molar-refractivity contribution in [1.82, 2.24) is 19.7 Å². The number of hydrogen-bond acceptors (Lipinski definition) is 4. The molecular formula is C24H27FN4O2. The lowest BCUT2D eigenvalue weighted by Gasteiger charge is -2.32. The molecule has 1 aliphatic heterocycles. The largest absolute Gasteiger partial charge is 0.272 e. The Morgan fingerprint density at radius 2 is 1.90 bits per heavy atom. The van der Waals surface area contributed by atoms with Gasteiger partial charge in [0.15, 0.2) is 5.65 Å². The Morgan fingerprint density at radius 3 is 2.68 bits per heavy atom. The van der Waals surface area contributed by atoms with E-state index in [2.05, 4.69) is 22.2 Å². The Labute approximate surface area is 181 Å². The van der Waals surface area contributed by atoms with Gasteiger partial charge in [0, 0.05) is 18.5 Å². The number of benzene rings is 1. The predicted molar refractivity (Wildman–Crippen MR) is 113 cm³/mol. The van der Waals surface area contributed by atoms with E-state index in [9.17, 15) is 9.18 Å². The van der Waals surface area contributed by atoms with Crippen molar-refractivity contribution in [3.05, 3.63) is 65.4 Å². The van der Waals surface area contributed by atoms with E-state index in [0.29, 0.717) is 12.5 Å². The Hall–Kier alpha value is -2.80. The lowest BCUT2D eigenvalue weighted by molar-refractivity contribution is -0.183. The van der Waals surface area contributed by atoms with Gasteiger partial charge in [-0.3, -0.25) is 9.63 Å². The fourth-order valence-corrected chi connectivity index (χ4v) is 4.96. The van der Waals surface area contributed by atoms with Crippen LogP contribution >= 0.6 is 0 Å². The molecule has 1 saturated heterocycles. The van der Waals surface area contributed by atoms with Crippen molar-refractivity contribution in [3.63, 3.8) is 0 Å². The maximum atomic E-state index is 13.3. The number of carbonyl (C=O) groups excluding carboxylic acids is 1. The first-order valence-corrected chi connectivity index (χ1v) is 11.1. The molecule has 1 saturated carbocycles. The second kappa shape index (κ2) is 8.38. The van der Waals surface area contributed by atoms with E-state index in [0.717, 1.165) is 55.6 Å². The summed E-state index contributed by atoms with van der Waals surface area (Å²) in [7, 11) is 0. The van der Waals surface area contributed by atoms with Crippen LogP contribution in [0.5, 0.6) is 0 Å². The van der Waals surface area contributed by atoms with E-state index < -0.39 is 0 Å². The van der Waals surface area contributed by atoms with Gasteiger partial charge in [0.05, 0.1) is 12.6 Å². The van der Waals surface area contributed by atoms with E-state index in [1.54, 1.807) is 17.2 Å². The zero-order valence-electron chi connectivity index (χ0n) is 17.7. The molecule has 2 fully saturated rings. The maximum absolute atomic E-state index is 13.3. The number of nitrogens with zero attached hydrogens (tertiary/aromatic N) is 4. The lowest BCUT2D eigenvalue weighted by atomic mass is 9.79. The highest BCUT2D eigenvalue weighted by Gasteiger charge is 2.37. The third kappa shape index (κ3) is 4.19. The molecule has 0 spiro atoms. The van der Waals surface area contributed by atoms with Crippen molar-refractivity contribution in [2.45, 2.75) is 51.5 Å². The molecule has 5 rings (SSSR count). The third-order valence-corrected chi connectivity index (χ3v) is 6.60. The molecule has 3 heterocycles. The highest BCUT2D eigenvalue weighted by atomic mass is 19.1. The molecular weight excluding hydrogens is 395 g/mol. The molecule has 31 heavy (non-hydrogen) atoms. The second-order valence-electron chi connectivity index (χ2n) is 8.77. The second-order valence-corrected chi connectivity index (χ2v) is 8.77. The van der Waals surface area contributed by atoms with Crippen LogP contribution in [0.3, 0.4) is 0 Å². The smallest absolute Gasteiger partial charge is 0.249 e. The van der Waals surface area contributed by atoms with Gasteiger partial charge in [-0.15, -0.1) is 0 Å². The van der Waals surface area contributed by atoms with Crippen LogP contribution in [0.15, 0.2) is 42.6 Å². The zero-order valence-corrected chi connectivity index (χ0v) is 17.7. The van der Waals surface area contributed by atoms with Crippen molar-refractivity contribution < 1.29 is 14.0 Å². The van der Waals surface area contributed by atoms with Gasteiger partial charge in [0.25, 0.3) is 0 Å². The van der Waals surface area contributed by atoms with Crippen LogP contribution in [0.2, 0.25) is 0 Å². The van der Waals surface area contributed by atoms with Gasteiger partial charge in [0.1, 0.15) is 11.6 Å². The molecule has 1 amide bonds. The fraction of sp³-hybridized carbons (Fsp3) is 0.458. The fourth-order valence-electron chi connectivity index (χ4n) is 4.96. The van der Waals surface area contributed by atoms with Crippen molar-refractivity contribution in [2.24, 2.45) is 11.8 Å². The van der Waals surface area contributed by atoms with Crippen LogP contribution in [0.4, 0.5) is 4.39 Å². The standard InChI is InChI=1S/C24H27FN4O2/c1-16-26-23-15-18(10-12-28(23)27-16)14-17-2-4-20(5-3-17)24(30)29-22(11-13-31-29)19-6-8-21(25)9-7-19/h6-10,12,15,17,20,22H,2-5,11,13-14H2,1H3/t17-,20-,22-/m0/s1. The minimum atomic E-state index is -0.267. The summed E-state index contributed by atoms with van der Waals surface area (Å²) in [4.78, 5) is 23.3. The number of fused-ring (bicyclic) bond motifs is 1. The maximum Gasteiger partial charge on any atom is 0.249 e. The minimum Gasteiger partial charge on any atom is -0.272 e. The van der Waals surface area contributed by atoms with E-state index in [-0.39, 0.29) is 23.7 Å². The predicted octanol–water partition coefficient (Wildman–Crippen LogP) is 4.43. The van der Waals surface area contributed by atoms with Crippen LogP contribution < -0.4 is 0 Å². The molecule has 0 bridgehead atoms. The summed E-state index contributed by atoms with van der Waals surface area (Å²) < 4.78 is 15.1. The Balaban J connectivity index is 1.19.